The lowest BCUT2D eigenvalue weighted by Gasteiger charge is -2.34. The van der Waals surface area contributed by atoms with Gasteiger partial charge in [0.15, 0.2) is 0 Å². The molecule has 126 valence electrons. The standard InChI is InChI=1S/C14H21BrN2O3S.ClH/c1-14(3-5-16-6-4-14)10-17-21(18,19)13-8-11(15)7-12(9-13)20-2;/h7-9,16-17H,3-6,10H2,1-2H3;1H. The zero-order chi connectivity index (χ0) is 15.5. The highest BCUT2D eigenvalue weighted by Crippen LogP contribution is 2.28. The van der Waals surface area contributed by atoms with Crippen LogP contribution in [0.5, 0.6) is 5.75 Å². The normalized spacial score (nSPS) is 17.6. The summed E-state index contributed by atoms with van der Waals surface area (Å²) in [5.74, 6) is 0.512. The summed E-state index contributed by atoms with van der Waals surface area (Å²) in [7, 11) is -2.02. The minimum atomic E-state index is -3.53. The van der Waals surface area contributed by atoms with Gasteiger partial charge in [-0.2, -0.15) is 0 Å². The molecule has 1 heterocycles. The van der Waals surface area contributed by atoms with Crippen LogP contribution >= 0.6 is 28.3 Å². The van der Waals surface area contributed by atoms with Crippen molar-refractivity contribution in [3.63, 3.8) is 0 Å². The Balaban J connectivity index is 0.00000242. The minimum Gasteiger partial charge on any atom is -0.497 e. The Morgan fingerprint density at radius 2 is 1.95 bits per heavy atom. The van der Waals surface area contributed by atoms with Gasteiger partial charge in [0.25, 0.3) is 0 Å². The second-order valence-corrected chi connectivity index (χ2v) is 8.39. The van der Waals surface area contributed by atoms with Crippen molar-refractivity contribution in [1.82, 2.24) is 10.0 Å². The molecule has 5 nitrogen and oxygen atoms in total. The smallest absolute Gasteiger partial charge is 0.240 e. The predicted octanol–water partition coefficient (Wildman–Crippen LogP) is 2.55. The van der Waals surface area contributed by atoms with Crippen LogP contribution in [0.3, 0.4) is 0 Å². The Morgan fingerprint density at radius 1 is 1.32 bits per heavy atom. The maximum atomic E-state index is 12.4. The van der Waals surface area contributed by atoms with Crippen LogP contribution in [0.25, 0.3) is 0 Å². The number of sulfonamides is 1. The topological polar surface area (TPSA) is 67.4 Å². The zero-order valence-corrected chi connectivity index (χ0v) is 15.9. The van der Waals surface area contributed by atoms with Crippen molar-refractivity contribution >= 4 is 38.4 Å². The van der Waals surface area contributed by atoms with Crippen molar-refractivity contribution in [2.75, 3.05) is 26.7 Å². The molecular formula is C14H22BrClN2O3S. The van der Waals surface area contributed by atoms with Crippen LogP contribution in [0.4, 0.5) is 0 Å². The van der Waals surface area contributed by atoms with E-state index < -0.39 is 10.0 Å². The van der Waals surface area contributed by atoms with Crippen molar-refractivity contribution in [3.8, 4) is 5.75 Å². The highest BCUT2D eigenvalue weighted by molar-refractivity contribution is 9.10. The molecule has 1 fully saturated rings. The second-order valence-electron chi connectivity index (χ2n) is 5.71. The van der Waals surface area contributed by atoms with Gasteiger partial charge < -0.3 is 10.1 Å². The van der Waals surface area contributed by atoms with Crippen molar-refractivity contribution in [1.29, 1.82) is 0 Å². The Bertz CT molecular complexity index is 604. The van der Waals surface area contributed by atoms with Gasteiger partial charge in [-0.15, -0.1) is 12.4 Å². The van der Waals surface area contributed by atoms with Gasteiger partial charge >= 0.3 is 0 Å². The summed E-state index contributed by atoms with van der Waals surface area (Å²) in [5.41, 5.74) is 0.00835. The Labute approximate surface area is 146 Å². The summed E-state index contributed by atoms with van der Waals surface area (Å²) in [5, 5.41) is 3.29. The van der Waals surface area contributed by atoms with Crippen LogP contribution in [0.15, 0.2) is 27.6 Å². The van der Waals surface area contributed by atoms with Crippen LogP contribution in [0, 0.1) is 5.41 Å². The number of methoxy groups -OCH3 is 1. The van der Waals surface area contributed by atoms with Gasteiger partial charge in [-0.3, -0.25) is 0 Å². The molecule has 1 saturated heterocycles. The highest BCUT2D eigenvalue weighted by Gasteiger charge is 2.28. The number of ether oxygens (including phenoxy) is 1. The van der Waals surface area contributed by atoms with Gasteiger partial charge in [0.05, 0.1) is 12.0 Å². The number of hydrogen-bond acceptors (Lipinski definition) is 4. The van der Waals surface area contributed by atoms with Crippen LogP contribution in [0.2, 0.25) is 0 Å². The van der Waals surface area contributed by atoms with Crippen LogP contribution in [0.1, 0.15) is 19.8 Å². The Kier molecular flexibility index (Phi) is 7.14. The quantitative estimate of drug-likeness (QED) is 0.778. The number of rotatable bonds is 5. The Morgan fingerprint density at radius 3 is 2.55 bits per heavy atom. The molecule has 0 bridgehead atoms. The first kappa shape index (κ1) is 19.7. The maximum absolute atomic E-state index is 12.4. The summed E-state index contributed by atoms with van der Waals surface area (Å²) in [6.45, 7) is 4.44. The molecule has 1 aromatic rings. The Hall–Kier alpha value is -0.340. The molecule has 0 atom stereocenters. The molecule has 0 amide bonds. The summed E-state index contributed by atoms with van der Waals surface area (Å²) in [6.07, 6.45) is 1.94. The lowest BCUT2D eigenvalue weighted by molar-refractivity contribution is 0.232. The van der Waals surface area contributed by atoms with Gasteiger partial charge in [-0.25, -0.2) is 13.1 Å². The fraction of sp³-hybridized carbons (Fsp3) is 0.571. The second kappa shape index (κ2) is 7.97. The number of piperidine rings is 1. The van der Waals surface area contributed by atoms with E-state index in [9.17, 15) is 8.42 Å². The van der Waals surface area contributed by atoms with E-state index in [1.165, 1.54) is 13.2 Å². The molecular weight excluding hydrogens is 392 g/mol. The van der Waals surface area contributed by atoms with E-state index >= 15 is 0 Å². The molecule has 1 aliphatic heterocycles. The first-order chi connectivity index (χ1) is 9.85. The summed E-state index contributed by atoms with van der Waals surface area (Å²) >= 11 is 3.30. The molecule has 22 heavy (non-hydrogen) atoms. The van der Waals surface area contributed by atoms with Crippen LogP contribution in [-0.2, 0) is 10.0 Å². The third kappa shape index (κ3) is 5.09. The largest absolute Gasteiger partial charge is 0.497 e. The number of hydrogen-bond donors (Lipinski definition) is 2. The molecule has 0 spiro atoms. The molecule has 1 aliphatic rings. The fourth-order valence-corrected chi connectivity index (χ4v) is 4.25. The van der Waals surface area contributed by atoms with Crippen LogP contribution < -0.4 is 14.8 Å². The van der Waals surface area contributed by atoms with Gasteiger partial charge in [0.2, 0.25) is 10.0 Å². The molecule has 2 rings (SSSR count). The van der Waals surface area contributed by atoms with E-state index in [0.717, 1.165) is 25.9 Å². The maximum Gasteiger partial charge on any atom is 0.240 e. The number of nitrogens with one attached hydrogen (secondary N) is 2. The number of halogens is 2. The molecule has 8 heteroatoms. The molecule has 0 aliphatic carbocycles. The summed E-state index contributed by atoms with van der Waals surface area (Å²) in [4.78, 5) is 0.214. The van der Waals surface area contributed by atoms with E-state index in [1.54, 1.807) is 12.1 Å². The average Bonchev–Trinajstić information content (AvgIpc) is 2.45. The first-order valence-electron chi connectivity index (χ1n) is 6.90. The molecule has 1 aromatic carbocycles. The molecule has 0 unspecified atom stereocenters. The van der Waals surface area contributed by atoms with E-state index in [1.807, 2.05) is 0 Å². The molecule has 0 radical (unpaired) electrons. The third-order valence-electron chi connectivity index (χ3n) is 3.89. The summed E-state index contributed by atoms with van der Waals surface area (Å²) < 4.78 is 33.4. The van der Waals surface area contributed by atoms with Crippen molar-refractivity contribution < 1.29 is 13.2 Å². The first-order valence-corrected chi connectivity index (χ1v) is 9.17. The SMILES string of the molecule is COc1cc(Br)cc(S(=O)(=O)NCC2(C)CCNCC2)c1.Cl. The number of benzene rings is 1. The van der Waals surface area contributed by atoms with E-state index in [4.69, 9.17) is 4.74 Å². The minimum absolute atomic E-state index is 0. The highest BCUT2D eigenvalue weighted by atomic mass is 79.9. The van der Waals surface area contributed by atoms with Crippen molar-refractivity contribution in [2.45, 2.75) is 24.7 Å². The lowest BCUT2D eigenvalue weighted by Crippen LogP contribution is -2.42. The van der Waals surface area contributed by atoms with Gasteiger partial charge in [0, 0.05) is 17.1 Å². The monoisotopic (exact) mass is 412 g/mol. The lowest BCUT2D eigenvalue weighted by atomic mass is 9.81. The third-order valence-corrected chi connectivity index (χ3v) is 5.73. The van der Waals surface area contributed by atoms with Gasteiger partial charge in [0.1, 0.15) is 5.75 Å². The average molecular weight is 414 g/mol. The molecule has 2 N–H and O–H groups in total. The summed E-state index contributed by atoms with van der Waals surface area (Å²) in [6, 6.07) is 4.83. The predicted molar refractivity (Wildman–Crippen MR) is 93.3 cm³/mol. The molecule has 0 saturated carbocycles. The van der Waals surface area contributed by atoms with Crippen LogP contribution in [-0.4, -0.2) is 35.2 Å². The zero-order valence-electron chi connectivity index (χ0n) is 12.7. The molecule has 0 aromatic heterocycles. The fourth-order valence-electron chi connectivity index (χ4n) is 2.37. The van der Waals surface area contributed by atoms with E-state index in [-0.39, 0.29) is 22.7 Å². The van der Waals surface area contributed by atoms with Gasteiger partial charge in [-0.05, 0) is 43.5 Å². The van der Waals surface area contributed by atoms with Crippen molar-refractivity contribution in [2.24, 2.45) is 5.41 Å². The van der Waals surface area contributed by atoms with E-state index in [2.05, 4.69) is 32.9 Å². The van der Waals surface area contributed by atoms with Gasteiger partial charge in [-0.1, -0.05) is 22.9 Å². The van der Waals surface area contributed by atoms with Crippen molar-refractivity contribution in [3.05, 3.63) is 22.7 Å². The van der Waals surface area contributed by atoms with E-state index in [0.29, 0.717) is 16.8 Å².